The molecule has 0 aromatic carbocycles. The average Bonchev–Trinajstić information content (AvgIpc) is 0.624. The van der Waals surface area contributed by atoms with Gasteiger partial charge in [0.25, 0.3) is 0 Å². The second-order valence-electron chi connectivity index (χ2n) is 17.6. The van der Waals surface area contributed by atoms with E-state index in [0.29, 0.717) is 28.2 Å². The molecule has 5 fully saturated rings. The lowest BCUT2D eigenvalue weighted by Crippen LogP contribution is -2.77. The third-order valence-electron chi connectivity index (χ3n) is 11.6. The van der Waals surface area contributed by atoms with Crippen molar-refractivity contribution in [3.8, 4) is 0 Å². The van der Waals surface area contributed by atoms with Gasteiger partial charge in [0.2, 0.25) is 2.86 Å². The minimum atomic E-state index is -7.52. The summed E-state index contributed by atoms with van der Waals surface area (Å²) in [7, 11) is -25.1. The molecule has 594 valence electrons. The standard InChI is InChI=1S/C41H73N3O49S8/c1-14(82-100(59,60)61)25-41(5,80-37-30(67-9)38(2,50)28(22(75-37)31(46)47)77-36-23(44(6)96-91-86-53)39(3,69-11)26(66-8)16(73-36)12-70-97-92-87-54)27(81-98-93-88-55)18(43-95-90-85-52)34(76-25)79-40(4)24(45)21(83-101(62,63)64)35(78-29(40)32(48)49)74-19-15(13-71-99(56,57)58)72-33(68-10)17(20(19)65-7)42-94-89-84-51/h14-30,33-37,42-43,45,50-55H,12-13H2,1-11H3,(H,46,47)(H,48,49)(H,56,57,58)(H,59,60,61)(H,62,63,64)/t14?,15-,16-,17?,18?,19+,20?,21?,22+,23?,24-,25?,26+,27+,28+,29?,30?,33-,34+,35+,36+,37-,38?,39?,40-,41+/m0/s1/i10D3,12D2,13D2,14D,15D,16D,17D,18D,19D,20D,21D,22D,23D,24D,25D,26D,27D,28D,29D,30D,33D,34D,35D,36D,37D,45D,50D/hD2. The maximum absolute atomic E-state index is 14.6. The second kappa shape index (κ2) is 40.0. The van der Waals surface area contributed by atoms with E-state index in [4.69, 9.17) is 101 Å². The average molecular weight is 1680 g/mol. The van der Waals surface area contributed by atoms with E-state index in [1.807, 2.05) is 0 Å². The Morgan fingerprint density at radius 1 is 0.653 bits per heavy atom. The molecule has 0 aliphatic carbocycles. The van der Waals surface area contributed by atoms with Crippen LogP contribution in [0.15, 0.2) is 0 Å². The number of nitrogens with zero attached hydrogens (tertiary/aromatic N) is 1. The molecule has 5 aliphatic heterocycles. The Balaban J connectivity index is 2.18. The van der Waals surface area contributed by atoms with Gasteiger partial charge in [0.1, 0.15) is 141 Å². The number of rotatable bonds is 46. The first-order chi connectivity index (χ1) is 59.8. The molecule has 0 spiro atoms. The van der Waals surface area contributed by atoms with Crippen molar-refractivity contribution in [3.63, 3.8) is 0 Å². The molecule has 5 rings (SSSR count). The molecule has 0 saturated carbocycles. The Kier molecular flexibility index (Phi) is 20.6. The molecular weight excluding hydrogens is 1570 g/mol. The van der Waals surface area contributed by atoms with Gasteiger partial charge in [0.15, 0.2) is 74.2 Å². The third-order valence-corrected chi connectivity index (χ3v) is 14.6. The summed E-state index contributed by atoms with van der Waals surface area (Å²) in [5.41, 5.74) is -20.0. The van der Waals surface area contributed by atoms with Gasteiger partial charge < -0.3 is 86.7 Å². The maximum Gasteiger partial charge on any atom is 0.397 e. The minimum absolute atomic E-state index is 0.0450. The topological polar surface area (TPSA) is 674 Å². The molecule has 0 amide bonds. The summed E-state index contributed by atoms with van der Waals surface area (Å²) in [5.74, 6) is -7.24. The van der Waals surface area contributed by atoms with E-state index in [9.17, 15) is 105 Å². The fraction of sp³-hybridized carbons (Fsp3) is 0.951. The van der Waals surface area contributed by atoms with Crippen LogP contribution in [0.5, 0.6) is 0 Å². The highest BCUT2D eigenvalue weighted by molar-refractivity contribution is 7.93. The highest BCUT2D eigenvalue weighted by Gasteiger charge is 2.69. The van der Waals surface area contributed by atoms with Crippen molar-refractivity contribution in [1.82, 2.24) is 13.7 Å². The van der Waals surface area contributed by atoms with Gasteiger partial charge in [-0.3, -0.25) is 22.0 Å². The van der Waals surface area contributed by atoms with Gasteiger partial charge >= 0.3 is 43.1 Å². The molecule has 14 N–H and O–H groups in total. The Bertz CT molecular complexity index is 4630. The predicted molar refractivity (Wildman–Crippen MR) is 313 cm³/mol. The number of likely N-dealkylation sites (N-methyl/N-ethyl adjacent to an activating group) is 1. The van der Waals surface area contributed by atoms with E-state index in [1.54, 1.807) is 0 Å². The zero-order valence-corrected chi connectivity index (χ0v) is 57.0. The lowest BCUT2D eigenvalue weighted by atomic mass is 9.80. The first-order valence-corrected chi connectivity index (χ1v) is 31.7. The maximum atomic E-state index is 14.6. The Hall–Kier alpha value is -1.14. The fourth-order valence-corrected chi connectivity index (χ4v) is 10.4. The number of hydrogen-bond acceptors (Lipinski definition) is 52. The van der Waals surface area contributed by atoms with Crippen LogP contribution in [0, 0.1) is 0 Å². The molecular formula is C41H73N3O49S8. The van der Waals surface area contributed by atoms with E-state index in [2.05, 4.69) is 69.3 Å². The zero-order valence-electron chi connectivity index (χ0n) is 83.5. The van der Waals surface area contributed by atoms with E-state index >= 15 is 0 Å². The fourth-order valence-electron chi connectivity index (χ4n) is 7.94. The first kappa shape index (κ1) is 52.1. The number of carboxylic acids is 2. The van der Waals surface area contributed by atoms with Crippen LogP contribution in [0.4, 0.5) is 0 Å². The summed E-state index contributed by atoms with van der Waals surface area (Å²) in [4.78, 5) is 29.1. The molecule has 60 heteroatoms. The largest absolute Gasteiger partial charge is 0.479 e. The molecule has 52 nitrogen and oxygen atoms in total. The van der Waals surface area contributed by atoms with Crippen molar-refractivity contribution >= 4 is 104 Å². The number of carbonyl (C=O) groups is 2. The van der Waals surface area contributed by atoms with Gasteiger partial charge in [0.05, 0.1) is 58.9 Å². The van der Waals surface area contributed by atoms with E-state index in [1.165, 1.54) is 0 Å². The predicted octanol–water partition coefficient (Wildman–Crippen LogP) is -2.93. The van der Waals surface area contributed by atoms with Gasteiger partial charge in [-0.1, -0.05) is 25.2 Å². The monoisotopic (exact) mass is 1680 g/mol. The SMILES string of the molecule is [2H]OC1(C)C([2H])(OC)[C@]([2H])(O[C@]2(C)C([2H])(C([2H])(C)OS(=O)(=O)O)O[C@]([2H])(O[C@]3(C)C([2H])(C(=O)O)O[C@@]([2H])(O[C@@]4([2H])C([2H])(OC)C([2H])(N([2H])SOOO)[C@@]([2H])(OC([2H])([2H])[2H])O[C@@]4([2H])C([2H])([2H])OS(=O)(=O)O)C([2H])(OS(=O)(=O)O)[C@]3([2H])O[2H])C([2H])(N([2H])SOOO)[C@@]2([2H])OSOOO)O[C@@]([2H])(C(=O)O)[C@@]1([2H])O[C@@]1([2H])O[C@@]([2H])(C([2H])([2H])OSOOO)[C@@]([2H])(OC)C(C)(OC)C1([2H])N(C)SOOO. The normalized spacial score (nSPS) is 59.4. The lowest BCUT2D eigenvalue weighted by molar-refractivity contribution is -0.437. The highest BCUT2D eigenvalue weighted by atomic mass is 32.3. The molecule has 11 unspecified atom stereocenters. The number of nitrogens with one attached hydrogen (secondary N) is 2. The number of aliphatic hydroxyl groups is 2. The number of ether oxygens (including phenoxy) is 14. The van der Waals surface area contributed by atoms with E-state index in [-0.39, 0.29) is 25.4 Å². The van der Waals surface area contributed by atoms with Crippen LogP contribution >= 0.6 is 61.3 Å². The van der Waals surface area contributed by atoms with Gasteiger partial charge in [0, 0.05) is 42.5 Å². The zero-order chi connectivity index (χ0) is 105. The van der Waals surface area contributed by atoms with Crippen LogP contribution in [0.1, 0.15) is 74.4 Å². The molecule has 5 aliphatic rings. The van der Waals surface area contributed by atoms with Gasteiger partial charge in [-0.05, 0) is 34.6 Å². The second-order valence-corrected chi connectivity index (χ2v) is 23.3. The van der Waals surface area contributed by atoms with Crippen LogP contribution in [0.25, 0.3) is 0 Å². The Labute approximate surface area is 639 Å². The molecule has 5 heterocycles. The summed E-state index contributed by atoms with van der Waals surface area (Å²) in [6, 6.07) is -15.4. The molecule has 0 bridgehead atoms. The van der Waals surface area contributed by atoms with Crippen LogP contribution in [-0.4, -0.2) is 317 Å². The molecule has 0 radical (unpaired) electrons. The van der Waals surface area contributed by atoms with Gasteiger partial charge in [-0.15, -0.1) is 21.7 Å². The van der Waals surface area contributed by atoms with Gasteiger partial charge in [-0.25, -0.2) is 62.2 Å². The van der Waals surface area contributed by atoms with Crippen LogP contribution in [0.3, 0.4) is 0 Å². The number of aliphatic carboxylic acids is 2. The summed E-state index contributed by atoms with van der Waals surface area (Å²) in [6.45, 7) is -11.6. The van der Waals surface area contributed by atoms with Crippen molar-refractivity contribution in [3.05, 3.63) is 0 Å². The van der Waals surface area contributed by atoms with Crippen molar-refractivity contribution in [2.24, 2.45) is 0 Å². The van der Waals surface area contributed by atoms with Crippen molar-refractivity contribution in [1.29, 1.82) is 2.86 Å². The molecule has 101 heavy (non-hydrogen) atoms. The Morgan fingerprint density at radius 3 is 1.80 bits per heavy atom. The number of carboxylic acid groups (broad SMARTS) is 2. The van der Waals surface area contributed by atoms with E-state index < -0.39 is 312 Å². The number of hydrogen-bond donors (Lipinski definition) is 14. The summed E-state index contributed by atoms with van der Waals surface area (Å²) >= 11 is -5.71. The molecule has 0 aromatic rings. The smallest absolute Gasteiger partial charge is 0.397 e. The summed E-state index contributed by atoms with van der Waals surface area (Å²) in [6.07, 6.45) is -106. The van der Waals surface area contributed by atoms with Crippen LogP contribution in [0.2, 0.25) is 2.82 Å². The third kappa shape index (κ3) is 23.0. The Morgan fingerprint density at radius 2 is 1.27 bits per heavy atom. The van der Waals surface area contributed by atoms with E-state index in [0.717, 1.165) is 0 Å². The van der Waals surface area contributed by atoms with Crippen molar-refractivity contribution in [2.45, 2.75) is 192 Å². The molecule has 0 aromatic heterocycles. The lowest BCUT2D eigenvalue weighted by Gasteiger charge is -2.58. The highest BCUT2D eigenvalue weighted by Crippen LogP contribution is 2.49. The van der Waals surface area contributed by atoms with Gasteiger partial charge in [-0.2, -0.15) is 25.3 Å². The molecule has 26 atom stereocenters. The summed E-state index contributed by atoms with van der Waals surface area (Å²) < 4.78 is 534. The number of methoxy groups -OCH3 is 5. The van der Waals surface area contributed by atoms with Crippen molar-refractivity contribution < 1.29 is 272 Å². The quantitative estimate of drug-likeness (QED) is 0.00724. The summed E-state index contributed by atoms with van der Waals surface area (Å²) in [5, 5.41) is 95.4. The van der Waals surface area contributed by atoms with Crippen LogP contribution in [-0.2, 0) is 175 Å². The van der Waals surface area contributed by atoms with Crippen molar-refractivity contribution in [2.75, 3.05) is 55.6 Å². The van der Waals surface area contributed by atoms with Crippen LogP contribution < -0.4 is 9.43 Å². The first-order valence-electron chi connectivity index (χ1n) is 40.4. The minimum Gasteiger partial charge on any atom is -0.479 e. The molecule has 5 saturated heterocycles.